The van der Waals surface area contributed by atoms with Gasteiger partial charge in [0.15, 0.2) is 0 Å². The largest absolute Gasteiger partial charge is 0.356 e. The fourth-order valence-corrected chi connectivity index (χ4v) is 4.86. The standard InChI is InChI=1S/C15H22N2O/c16-3-1-2-15(18)17-9-14-12-5-10-4-11(7-12)8-13(14)6-10/h10-14H,1-2,4-9H2,(H,17,18). The molecule has 0 aliphatic heterocycles. The lowest BCUT2D eigenvalue weighted by Crippen LogP contribution is -2.49. The minimum absolute atomic E-state index is 0.0605. The van der Waals surface area contributed by atoms with Gasteiger partial charge in [-0.3, -0.25) is 4.79 Å². The van der Waals surface area contributed by atoms with Gasteiger partial charge in [0.2, 0.25) is 5.91 Å². The zero-order valence-electron chi connectivity index (χ0n) is 10.9. The van der Waals surface area contributed by atoms with Crippen molar-refractivity contribution in [2.45, 2.75) is 44.9 Å². The molecule has 4 aliphatic carbocycles. The Morgan fingerprint density at radius 1 is 1.11 bits per heavy atom. The van der Waals surface area contributed by atoms with Crippen molar-refractivity contribution in [1.82, 2.24) is 5.32 Å². The SMILES string of the molecule is N#CCCC(=O)NCC1C2CC3CC(C2)CC1C3. The monoisotopic (exact) mass is 246 g/mol. The second kappa shape index (κ2) is 4.91. The third-order valence-electron chi connectivity index (χ3n) is 5.42. The number of amides is 1. The zero-order chi connectivity index (χ0) is 12.5. The number of nitrogens with one attached hydrogen (secondary N) is 1. The van der Waals surface area contributed by atoms with Crippen molar-refractivity contribution in [1.29, 1.82) is 5.26 Å². The quantitative estimate of drug-likeness (QED) is 0.828. The molecule has 4 bridgehead atoms. The van der Waals surface area contributed by atoms with Crippen LogP contribution in [0.1, 0.15) is 44.9 Å². The summed E-state index contributed by atoms with van der Waals surface area (Å²) in [6.45, 7) is 0.860. The van der Waals surface area contributed by atoms with Gasteiger partial charge in [0.25, 0.3) is 0 Å². The third-order valence-corrected chi connectivity index (χ3v) is 5.42. The van der Waals surface area contributed by atoms with E-state index in [0.29, 0.717) is 12.8 Å². The Balaban J connectivity index is 1.51. The van der Waals surface area contributed by atoms with Gasteiger partial charge in [-0.1, -0.05) is 0 Å². The highest BCUT2D eigenvalue weighted by Gasteiger charge is 2.47. The van der Waals surface area contributed by atoms with Crippen molar-refractivity contribution in [3.05, 3.63) is 0 Å². The number of hydrogen-bond donors (Lipinski definition) is 1. The Morgan fingerprint density at radius 2 is 1.72 bits per heavy atom. The molecule has 0 aromatic carbocycles. The van der Waals surface area contributed by atoms with Crippen LogP contribution >= 0.6 is 0 Å². The Labute approximate surface area is 109 Å². The smallest absolute Gasteiger partial charge is 0.221 e. The number of rotatable bonds is 4. The first-order chi connectivity index (χ1) is 8.76. The lowest BCUT2D eigenvalue weighted by molar-refractivity contribution is -0.122. The number of nitriles is 1. The molecule has 0 heterocycles. The molecule has 0 radical (unpaired) electrons. The molecule has 0 aromatic heterocycles. The molecular weight excluding hydrogens is 224 g/mol. The van der Waals surface area contributed by atoms with Gasteiger partial charge in [-0.15, -0.1) is 0 Å². The molecule has 0 aromatic rings. The van der Waals surface area contributed by atoms with Crippen LogP contribution in [0.5, 0.6) is 0 Å². The molecule has 18 heavy (non-hydrogen) atoms. The molecule has 98 valence electrons. The van der Waals surface area contributed by atoms with Crippen LogP contribution in [0, 0.1) is 40.9 Å². The topological polar surface area (TPSA) is 52.9 Å². The van der Waals surface area contributed by atoms with Crippen LogP contribution in [-0.2, 0) is 4.79 Å². The van der Waals surface area contributed by atoms with Gasteiger partial charge in [-0.2, -0.15) is 5.26 Å². The molecule has 0 spiro atoms. The van der Waals surface area contributed by atoms with Gasteiger partial charge in [0.1, 0.15) is 0 Å². The van der Waals surface area contributed by atoms with Crippen molar-refractivity contribution >= 4 is 5.91 Å². The summed E-state index contributed by atoms with van der Waals surface area (Å²) in [5, 5.41) is 11.5. The van der Waals surface area contributed by atoms with Crippen molar-refractivity contribution in [3.63, 3.8) is 0 Å². The fourth-order valence-electron chi connectivity index (χ4n) is 4.86. The molecule has 4 saturated carbocycles. The third kappa shape index (κ3) is 2.25. The minimum atomic E-state index is 0.0605. The van der Waals surface area contributed by atoms with Gasteiger partial charge < -0.3 is 5.32 Å². The Kier molecular flexibility index (Phi) is 3.28. The van der Waals surface area contributed by atoms with Gasteiger partial charge in [0, 0.05) is 19.4 Å². The van der Waals surface area contributed by atoms with Crippen LogP contribution in [0.4, 0.5) is 0 Å². The van der Waals surface area contributed by atoms with E-state index in [1.54, 1.807) is 0 Å². The van der Waals surface area contributed by atoms with Crippen LogP contribution in [0.2, 0.25) is 0 Å². The summed E-state index contributed by atoms with van der Waals surface area (Å²) in [5.41, 5.74) is 0. The molecule has 1 N–H and O–H groups in total. The average Bonchev–Trinajstić information content (AvgIpc) is 2.34. The summed E-state index contributed by atoms with van der Waals surface area (Å²) < 4.78 is 0. The fraction of sp³-hybridized carbons (Fsp3) is 0.867. The predicted octanol–water partition coefficient (Wildman–Crippen LogP) is 2.48. The summed E-state index contributed by atoms with van der Waals surface area (Å²) in [6.07, 6.45) is 7.82. The lowest BCUT2D eigenvalue weighted by atomic mass is 9.52. The maximum atomic E-state index is 11.6. The predicted molar refractivity (Wildman–Crippen MR) is 68.4 cm³/mol. The van der Waals surface area contributed by atoms with E-state index in [1.165, 1.54) is 32.1 Å². The van der Waals surface area contributed by atoms with E-state index in [1.807, 2.05) is 6.07 Å². The van der Waals surface area contributed by atoms with Crippen molar-refractivity contribution in [3.8, 4) is 6.07 Å². The summed E-state index contributed by atoms with van der Waals surface area (Å²) in [4.78, 5) is 11.6. The molecule has 0 atom stereocenters. The van der Waals surface area contributed by atoms with E-state index < -0.39 is 0 Å². The maximum absolute atomic E-state index is 11.6. The molecule has 4 rings (SSSR count). The first kappa shape index (κ1) is 12.0. The number of carbonyl (C=O) groups is 1. The summed E-state index contributed by atoms with van der Waals surface area (Å²) in [7, 11) is 0. The first-order valence-electron chi connectivity index (χ1n) is 7.40. The highest BCUT2D eigenvalue weighted by molar-refractivity contribution is 5.76. The Hall–Kier alpha value is -1.04. The van der Waals surface area contributed by atoms with E-state index in [9.17, 15) is 4.79 Å². The van der Waals surface area contributed by atoms with E-state index >= 15 is 0 Å². The first-order valence-corrected chi connectivity index (χ1v) is 7.40. The average molecular weight is 246 g/mol. The molecule has 3 heteroatoms. The summed E-state index contributed by atoms with van der Waals surface area (Å²) in [5.74, 6) is 4.53. The highest BCUT2D eigenvalue weighted by atomic mass is 16.1. The normalized spacial score (nSPS) is 40.5. The van der Waals surface area contributed by atoms with E-state index in [0.717, 1.165) is 36.1 Å². The molecular formula is C15H22N2O. The Bertz CT molecular complexity index is 343. The van der Waals surface area contributed by atoms with Crippen LogP contribution in [0.3, 0.4) is 0 Å². The number of nitrogens with zero attached hydrogens (tertiary/aromatic N) is 1. The summed E-state index contributed by atoms with van der Waals surface area (Å²) >= 11 is 0. The van der Waals surface area contributed by atoms with Crippen molar-refractivity contribution < 1.29 is 4.79 Å². The minimum Gasteiger partial charge on any atom is -0.356 e. The number of carbonyl (C=O) groups excluding carboxylic acids is 1. The maximum Gasteiger partial charge on any atom is 0.221 e. The van der Waals surface area contributed by atoms with Gasteiger partial charge in [-0.05, 0) is 61.7 Å². The summed E-state index contributed by atoms with van der Waals surface area (Å²) in [6, 6.07) is 2.03. The molecule has 3 nitrogen and oxygen atoms in total. The van der Waals surface area contributed by atoms with Gasteiger partial charge in [0.05, 0.1) is 6.07 Å². The van der Waals surface area contributed by atoms with Crippen LogP contribution in [0.25, 0.3) is 0 Å². The molecule has 1 amide bonds. The van der Waals surface area contributed by atoms with Crippen LogP contribution in [0.15, 0.2) is 0 Å². The van der Waals surface area contributed by atoms with Gasteiger partial charge >= 0.3 is 0 Å². The number of hydrogen-bond acceptors (Lipinski definition) is 2. The van der Waals surface area contributed by atoms with Crippen LogP contribution < -0.4 is 5.32 Å². The van der Waals surface area contributed by atoms with Crippen molar-refractivity contribution in [2.24, 2.45) is 29.6 Å². The van der Waals surface area contributed by atoms with Gasteiger partial charge in [-0.25, -0.2) is 0 Å². The van der Waals surface area contributed by atoms with Crippen molar-refractivity contribution in [2.75, 3.05) is 6.54 Å². The molecule has 0 unspecified atom stereocenters. The zero-order valence-corrected chi connectivity index (χ0v) is 10.9. The Morgan fingerprint density at radius 3 is 2.28 bits per heavy atom. The van der Waals surface area contributed by atoms with E-state index in [-0.39, 0.29) is 5.91 Å². The second-order valence-electron chi connectivity index (χ2n) is 6.56. The van der Waals surface area contributed by atoms with E-state index in [4.69, 9.17) is 5.26 Å². The van der Waals surface area contributed by atoms with Crippen LogP contribution in [-0.4, -0.2) is 12.5 Å². The molecule has 4 aliphatic rings. The van der Waals surface area contributed by atoms with E-state index in [2.05, 4.69) is 5.32 Å². The highest BCUT2D eigenvalue weighted by Crippen LogP contribution is 2.56. The lowest BCUT2D eigenvalue weighted by Gasteiger charge is -2.54. The second-order valence-corrected chi connectivity index (χ2v) is 6.56. The molecule has 0 saturated heterocycles. The molecule has 4 fully saturated rings.